The molecule has 0 unspecified atom stereocenters. The van der Waals surface area contributed by atoms with Gasteiger partial charge >= 0.3 is 0 Å². The van der Waals surface area contributed by atoms with Crippen molar-refractivity contribution in [3.05, 3.63) is 82.1 Å². The minimum atomic E-state index is 0.270. The van der Waals surface area contributed by atoms with E-state index < -0.39 is 0 Å². The summed E-state index contributed by atoms with van der Waals surface area (Å²) in [5.74, 6) is 0.270. The average molecular weight is 328 g/mol. The molecule has 2 aromatic carbocycles. The van der Waals surface area contributed by atoms with Crippen molar-refractivity contribution in [2.24, 2.45) is 5.73 Å². The van der Waals surface area contributed by atoms with Crippen LogP contribution < -0.4 is 5.73 Å². The van der Waals surface area contributed by atoms with Gasteiger partial charge in [0.2, 0.25) is 0 Å². The van der Waals surface area contributed by atoms with Gasteiger partial charge in [-0.25, -0.2) is 0 Å². The lowest BCUT2D eigenvalue weighted by molar-refractivity contribution is 0.475. The van der Waals surface area contributed by atoms with E-state index in [1.807, 2.05) is 47.1 Å². The van der Waals surface area contributed by atoms with E-state index in [4.69, 9.17) is 17.3 Å². The zero-order chi connectivity index (χ0) is 16.2. The Hall–Kier alpha value is -2.30. The molecule has 0 saturated carbocycles. The number of aromatic nitrogens is 2. The van der Waals surface area contributed by atoms with Crippen LogP contribution in [0.4, 0.5) is 0 Å². The summed E-state index contributed by atoms with van der Waals surface area (Å²) in [6.45, 7) is 1.08. The van der Waals surface area contributed by atoms with E-state index in [0.717, 1.165) is 34.0 Å². The molecule has 3 aromatic rings. The molecule has 0 saturated heterocycles. The Balaban J connectivity index is 1.85. The molecule has 3 rings (SSSR count). The van der Waals surface area contributed by atoms with Crippen LogP contribution in [0.1, 0.15) is 22.5 Å². The Kier molecular flexibility index (Phi) is 4.65. The Morgan fingerprint density at radius 3 is 2.30 bits per heavy atom. The third kappa shape index (κ3) is 3.92. The molecule has 5 heteroatoms. The lowest BCUT2D eigenvalue weighted by Gasteiger charge is -2.08. The van der Waals surface area contributed by atoms with Crippen LogP contribution in [0.15, 0.2) is 54.6 Å². The SMILES string of the molecule is NCc1cc(Cc2ccc(O)cc2)n(Cc2ccc(Cl)cc2)n1. The van der Waals surface area contributed by atoms with Crippen LogP contribution in [-0.4, -0.2) is 14.9 Å². The maximum Gasteiger partial charge on any atom is 0.115 e. The van der Waals surface area contributed by atoms with Crippen molar-refractivity contribution in [2.75, 3.05) is 0 Å². The second kappa shape index (κ2) is 6.86. The molecule has 0 fully saturated rings. The lowest BCUT2D eigenvalue weighted by atomic mass is 10.1. The number of phenolic OH excluding ortho intramolecular Hbond substituents is 1. The normalized spacial score (nSPS) is 10.9. The van der Waals surface area contributed by atoms with Crippen LogP contribution in [0.5, 0.6) is 5.75 Å². The molecule has 0 bridgehead atoms. The van der Waals surface area contributed by atoms with Gasteiger partial charge in [0.25, 0.3) is 0 Å². The number of hydrogen-bond acceptors (Lipinski definition) is 3. The van der Waals surface area contributed by atoms with Gasteiger partial charge in [0.15, 0.2) is 0 Å². The largest absolute Gasteiger partial charge is 0.508 e. The molecule has 1 aromatic heterocycles. The number of halogens is 1. The summed E-state index contributed by atoms with van der Waals surface area (Å²) >= 11 is 5.93. The second-order valence-electron chi connectivity index (χ2n) is 5.46. The van der Waals surface area contributed by atoms with Crippen molar-refractivity contribution in [2.45, 2.75) is 19.5 Å². The smallest absolute Gasteiger partial charge is 0.115 e. The maximum absolute atomic E-state index is 9.39. The molecule has 118 valence electrons. The monoisotopic (exact) mass is 327 g/mol. The van der Waals surface area contributed by atoms with Gasteiger partial charge in [-0.05, 0) is 41.5 Å². The molecule has 0 amide bonds. The predicted octanol–water partition coefficient (Wildman–Crippen LogP) is 3.34. The lowest BCUT2D eigenvalue weighted by Crippen LogP contribution is -2.07. The molecule has 0 spiro atoms. The highest BCUT2D eigenvalue weighted by molar-refractivity contribution is 6.30. The Morgan fingerprint density at radius 2 is 1.65 bits per heavy atom. The van der Waals surface area contributed by atoms with Crippen molar-refractivity contribution in [3.8, 4) is 5.75 Å². The average Bonchev–Trinajstić information content (AvgIpc) is 2.94. The van der Waals surface area contributed by atoms with Crippen molar-refractivity contribution in [3.63, 3.8) is 0 Å². The zero-order valence-electron chi connectivity index (χ0n) is 12.6. The number of nitrogens with two attached hydrogens (primary N) is 1. The predicted molar refractivity (Wildman–Crippen MR) is 91.6 cm³/mol. The topological polar surface area (TPSA) is 64.1 Å². The van der Waals surface area contributed by atoms with Crippen molar-refractivity contribution >= 4 is 11.6 Å². The fraction of sp³-hybridized carbons (Fsp3) is 0.167. The fourth-order valence-electron chi connectivity index (χ4n) is 2.48. The quantitative estimate of drug-likeness (QED) is 0.755. The number of hydrogen-bond donors (Lipinski definition) is 2. The molecule has 1 heterocycles. The first-order valence-electron chi connectivity index (χ1n) is 7.42. The molecule has 0 atom stereocenters. The molecule has 0 aliphatic rings. The van der Waals surface area contributed by atoms with E-state index in [-0.39, 0.29) is 5.75 Å². The molecule has 0 aliphatic heterocycles. The maximum atomic E-state index is 9.39. The first kappa shape index (κ1) is 15.6. The molecule has 3 N–H and O–H groups in total. The first-order chi connectivity index (χ1) is 11.1. The summed E-state index contributed by atoms with van der Waals surface area (Å²) < 4.78 is 1.97. The van der Waals surface area contributed by atoms with Crippen LogP contribution in [0.2, 0.25) is 5.02 Å². The van der Waals surface area contributed by atoms with Crippen molar-refractivity contribution < 1.29 is 5.11 Å². The van der Waals surface area contributed by atoms with Crippen LogP contribution in [0.25, 0.3) is 0 Å². The Labute approximate surface area is 140 Å². The van der Waals surface area contributed by atoms with Gasteiger partial charge in [-0.2, -0.15) is 5.10 Å². The molecular weight excluding hydrogens is 310 g/mol. The number of aromatic hydroxyl groups is 1. The van der Waals surface area contributed by atoms with Gasteiger partial charge in [-0.1, -0.05) is 35.9 Å². The number of nitrogens with zero attached hydrogens (tertiary/aromatic N) is 2. The van der Waals surface area contributed by atoms with E-state index in [1.165, 1.54) is 0 Å². The van der Waals surface area contributed by atoms with Crippen LogP contribution in [-0.2, 0) is 19.5 Å². The van der Waals surface area contributed by atoms with E-state index in [1.54, 1.807) is 12.1 Å². The van der Waals surface area contributed by atoms with Gasteiger partial charge < -0.3 is 10.8 Å². The first-order valence-corrected chi connectivity index (χ1v) is 7.80. The molecule has 4 nitrogen and oxygen atoms in total. The summed E-state index contributed by atoms with van der Waals surface area (Å²) in [4.78, 5) is 0. The minimum absolute atomic E-state index is 0.270. The third-order valence-electron chi connectivity index (χ3n) is 3.69. The van der Waals surface area contributed by atoms with Crippen LogP contribution in [0.3, 0.4) is 0 Å². The van der Waals surface area contributed by atoms with Crippen LogP contribution in [0, 0.1) is 0 Å². The summed E-state index contributed by atoms with van der Waals surface area (Å²) in [6.07, 6.45) is 0.737. The number of rotatable bonds is 5. The highest BCUT2D eigenvalue weighted by Gasteiger charge is 2.09. The summed E-state index contributed by atoms with van der Waals surface area (Å²) in [5, 5.41) is 14.7. The third-order valence-corrected chi connectivity index (χ3v) is 3.94. The van der Waals surface area contributed by atoms with Crippen molar-refractivity contribution in [1.82, 2.24) is 9.78 Å². The van der Waals surface area contributed by atoms with Gasteiger partial charge in [-0.3, -0.25) is 4.68 Å². The second-order valence-corrected chi connectivity index (χ2v) is 5.89. The highest BCUT2D eigenvalue weighted by Crippen LogP contribution is 2.17. The molecular formula is C18H18ClN3O. The Bertz CT molecular complexity index is 714. The number of benzene rings is 2. The Morgan fingerprint density at radius 1 is 1.00 bits per heavy atom. The molecule has 0 radical (unpaired) electrons. The van der Waals surface area contributed by atoms with E-state index >= 15 is 0 Å². The summed E-state index contributed by atoms with van der Waals surface area (Å²) in [7, 11) is 0. The molecule has 23 heavy (non-hydrogen) atoms. The van der Waals surface area contributed by atoms with Crippen molar-refractivity contribution in [1.29, 1.82) is 0 Å². The van der Waals surface area contributed by atoms with E-state index in [9.17, 15) is 5.11 Å². The van der Waals surface area contributed by atoms with Gasteiger partial charge in [-0.15, -0.1) is 0 Å². The summed E-state index contributed by atoms with van der Waals surface area (Å²) in [6, 6.07) is 17.0. The van der Waals surface area contributed by atoms with Gasteiger partial charge in [0.1, 0.15) is 5.75 Å². The number of phenols is 1. The van der Waals surface area contributed by atoms with E-state index in [2.05, 4.69) is 5.10 Å². The van der Waals surface area contributed by atoms with Gasteiger partial charge in [0, 0.05) is 23.7 Å². The minimum Gasteiger partial charge on any atom is -0.508 e. The van der Waals surface area contributed by atoms with E-state index in [0.29, 0.717) is 13.1 Å². The zero-order valence-corrected chi connectivity index (χ0v) is 13.4. The highest BCUT2D eigenvalue weighted by atomic mass is 35.5. The standard InChI is InChI=1S/C18H18ClN3O/c19-15-5-1-14(2-6-15)12-22-17(10-16(11-20)21-22)9-13-3-7-18(23)8-4-13/h1-8,10,23H,9,11-12,20H2. The molecule has 0 aliphatic carbocycles. The van der Waals surface area contributed by atoms with Crippen LogP contribution >= 0.6 is 11.6 Å². The summed E-state index contributed by atoms with van der Waals surface area (Å²) in [5.41, 5.74) is 9.94. The van der Waals surface area contributed by atoms with Gasteiger partial charge in [0.05, 0.1) is 12.2 Å². The fourth-order valence-corrected chi connectivity index (χ4v) is 2.61.